The van der Waals surface area contributed by atoms with Crippen molar-refractivity contribution in [2.75, 3.05) is 6.61 Å². The summed E-state index contributed by atoms with van der Waals surface area (Å²) in [6.07, 6.45) is -0.0903. The Morgan fingerprint density at radius 2 is 2.50 bits per heavy atom. The minimum Gasteiger partial charge on any atom is -0.461 e. The quantitative estimate of drug-likeness (QED) is 0.301. The smallest absolute Gasteiger partial charge is 0.310 e. The predicted molar refractivity (Wildman–Crippen MR) is 24.7 cm³/mol. The number of aliphatic hydroxyl groups is 1. The van der Waals surface area contributed by atoms with Gasteiger partial charge >= 0.3 is 5.97 Å². The van der Waals surface area contributed by atoms with Gasteiger partial charge in [-0.25, -0.2) is 0 Å². The van der Waals surface area contributed by atoms with E-state index in [4.69, 9.17) is 10.8 Å². The molecule has 46 valence electrons. The Labute approximate surface area is 46.2 Å². The van der Waals surface area contributed by atoms with Gasteiger partial charge in [0.2, 0.25) is 0 Å². The third-order valence-corrected chi connectivity index (χ3v) is 0.934. The molecule has 1 fully saturated rings. The van der Waals surface area contributed by atoms with Crippen LogP contribution in [0.15, 0.2) is 0 Å². The Balaban J connectivity index is 2.56. The number of carbonyl (C=O) groups is 1. The van der Waals surface area contributed by atoms with Crippen molar-refractivity contribution < 1.29 is 14.6 Å². The molecular weight excluding hydrogens is 110 g/mol. The molecular formula is C4H7NO3. The van der Waals surface area contributed by atoms with Crippen LogP contribution in [0, 0.1) is 0 Å². The van der Waals surface area contributed by atoms with Gasteiger partial charge < -0.3 is 15.6 Å². The molecule has 4 nitrogen and oxygen atoms in total. The predicted octanol–water partition coefficient (Wildman–Crippen LogP) is -1.42. The normalized spacial score (nSPS) is 37.5. The van der Waals surface area contributed by atoms with Crippen molar-refractivity contribution in [3.05, 3.63) is 0 Å². The number of rotatable bonds is 0. The molecule has 0 saturated carbocycles. The van der Waals surface area contributed by atoms with Crippen molar-refractivity contribution in [2.45, 2.75) is 12.1 Å². The van der Waals surface area contributed by atoms with E-state index >= 15 is 0 Å². The van der Waals surface area contributed by atoms with E-state index in [1.807, 2.05) is 0 Å². The number of cyclic esters (lactones) is 1. The molecule has 0 amide bonds. The summed E-state index contributed by atoms with van der Waals surface area (Å²) in [7, 11) is 0. The van der Waals surface area contributed by atoms with Gasteiger partial charge in [0.15, 0.2) is 5.72 Å². The van der Waals surface area contributed by atoms with Gasteiger partial charge in [0, 0.05) is 0 Å². The molecule has 3 N–H and O–H groups in total. The van der Waals surface area contributed by atoms with Gasteiger partial charge in [-0.05, 0) is 0 Å². The van der Waals surface area contributed by atoms with Crippen molar-refractivity contribution in [1.29, 1.82) is 0 Å². The molecule has 0 radical (unpaired) electrons. The molecule has 0 aliphatic carbocycles. The summed E-state index contributed by atoms with van der Waals surface area (Å²) >= 11 is 0. The van der Waals surface area contributed by atoms with E-state index in [2.05, 4.69) is 4.74 Å². The standard InChI is InChI=1S/C4H7NO3/c5-4(7)1-3(6)8-2-4/h7H,1-2,5H2. The molecule has 0 bridgehead atoms. The van der Waals surface area contributed by atoms with Gasteiger partial charge in [-0.3, -0.25) is 4.79 Å². The lowest BCUT2D eigenvalue weighted by molar-refractivity contribution is -0.137. The highest BCUT2D eigenvalue weighted by Gasteiger charge is 2.33. The van der Waals surface area contributed by atoms with Crippen molar-refractivity contribution in [3.63, 3.8) is 0 Å². The number of carbonyl (C=O) groups excluding carboxylic acids is 1. The summed E-state index contributed by atoms with van der Waals surface area (Å²) in [6.45, 7) is -0.0775. The highest BCUT2D eigenvalue weighted by molar-refractivity contribution is 5.72. The maximum absolute atomic E-state index is 10.2. The highest BCUT2D eigenvalue weighted by atomic mass is 16.6. The van der Waals surface area contributed by atoms with Crippen LogP contribution in [0.4, 0.5) is 0 Å². The number of ether oxygens (including phenoxy) is 1. The second-order valence-electron chi connectivity index (χ2n) is 1.94. The van der Waals surface area contributed by atoms with E-state index in [-0.39, 0.29) is 13.0 Å². The van der Waals surface area contributed by atoms with Crippen LogP contribution in [-0.4, -0.2) is 23.4 Å². The Morgan fingerprint density at radius 3 is 2.62 bits per heavy atom. The molecule has 8 heavy (non-hydrogen) atoms. The molecule has 0 aromatic heterocycles. The van der Waals surface area contributed by atoms with Gasteiger partial charge in [0.25, 0.3) is 0 Å². The van der Waals surface area contributed by atoms with E-state index in [1.54, 1.807) is 0 Å². The highest BCUT2D eigenvalue weighted by Crippen LogP contribution is 2.11. The van der Waals surface area contributed by atoms with Gasteiger partial charge in [0.1, 0.15) is 6.61 Å². The number of esters is 1. The maximum atomic E-state index is 10.2. The molecule has 1 unspecified atom stereocenters. The minimum atomic E-state index is -1.41. The molecule has 1 saturated heterocycles. The lowest BCUT2D eigenvalue weighted by atomic mass is 10.2. The van der Waals surface area contributed by atoms with Gasteiger partial charge in [0.05, 0.1) is 6.42 Å². The number of hydrogen-bond acceptors (Lipinski definition) is 4. The first kappa shape index (κ1) is 5.53. The van der Waals surface area contributed by atoms with Crippen LogP contribution in [0.2, 0.25) is 0 Å². The van der Waals surface area contributed by atoms with Crippen LogP contribution in [0.3, 0.4) is 0 Å². The number of nitrogens with two attached hydrogens (primary N) is 1. The lowest BCUT2D eigenvalue weighted by Gasteiger charge is -2.08. The van der Waals surface area contributed by atoms with Crippen LogP contribution < -0.4 is 5.73 Å². The molecule has 0 aromatic carbocycles. The van der Waals surface area contributed by atoms with Crippen molar-refractivity contribution >= 4 is 5.97 Å². The maximum Gasteiger partial charge on any atom is 0.310 e. The Bertz CT molecular complexity index is 120. The average Bonchev–Trinajstić information content (AvgIpc) is 1.82. The molecule has 4 heteroatoms. The second-order valence-corrected chi connectivity index (χ2v) is 1.94. The third kappa shape index (κ3) is 0.962. The fraction of sp³-hybridized carbons (Fsp3) is 0.750. The largest absolute Gasteiger partial charge is 0.461 e. The fourth-order valence-electron chi connectivity index (χ4n) is 0.557. The number of hydrogen-bond donors (Lipinski definition) is 2. The molecule has 1 rings (SSSR count). The van der Waals surface area contributed by atoms with E-state index in [0.717, 1.165) is 0 Å². The lowest BCUT2D eigenvalue weighted by Crippen LogP contribution is -2.39. The third-order valence-electron chi connectivity index (χ3n) is 0.934. The SMILES string of the molecule is NC1(O)COC(=O)C1. The zero-order valence-electron chi connectivity index (χ0n) is 4.26. The van der Waals surface area contributed by atoms with E-state index in [9.17, 15) is 4.79 Å². The first-order valence-electron chi connectivity index (χ1n) is 2.27. The Morgan fingerprint density at radius 1 is 1.88 bits per heavy atom. The van der Waals surface area contributed by atoms with Crippen LogP contribution in [0.25, 0.3) is 0 Å². The minimum absolute atomic E-state index is 0.0775. The Kier molecular flexibility index (Phi) is 0.988. The summed E-state index contributed by atoms with van der Waals surface area (Å²) < 4.78 is 4.35. The van der Waals surface area contributed by atoms with Gasteiger partial charge in [-0.15, -0.1) is 0 Å². The van der Waals surface area contributed by atoms with Crippen LogP contribution in [0.5, 0.6) is 0 Å². The van der Waals surface area contributed by atoms with E-state index in [1.165, 1.54) is 0 Å². The van der Waals surface area contributed by atoms with E-state index in [0.29, 0.717) is 0 Å². The van der Waals surface area contributed by atoms with Crippen LogP contribution in [-0.2, 0) is 9.53 Å². The zero-order valence-corrected chi connectivity index (χ0v) is 4.26. The van der Waals surface area contributed by atoms with Crippen LogP contribution >= 0.6 is 0 Å². The summed E-state index contributed by atoms with van der Waals surface area (Å²) in [4.78, 5) is 10.2. The summed E-state index contributed by atoms with van der Waals surface area (Å²) in [5, 5.41) is 8.80. The molecule has 0 spiro atoms. The Hall–Kier alpha value is -0.610. The second kappa shape index (κ2) is 1.43. The topological polar surface area (TPSA) is 72.6 Å². The van der Waals surface area contributed by atoms with Crippen molar-refractivity contribution in [1.82, 2.24) is 0 Å². The molecule has 1 heterocycles. The van der Waals surface area contributed by atoms with Crippen molar-refractivity contribution in [3.8, 4) is 0 Å². The van der Waals surface area contributed by atoms with Gasteiger partial charge in [-0.1, -0.05) is 0 Å². The average molecular weight is 117 g/mol. The van der Waals surface area contributed by atoms with Crippen LogP contribution in [0.1, 0.15) is 6.42 Å². The zero-order chi connectivity index (χ0) is 6.20. The summed E-state index contributed by atoms with van der Waals surface area (Å²) in [5.41, 5.74) is 3.67. The summed E-state index contributed by atoms with van der Waals surface area (Å²) in [6, 6.07) is 0. The van der Waals surface area contributed by atoms with Crippen molar-refractivity contribution in [2.24, 2.45) is 5.73 Å². The molecule has 1 aliphatic rings. The van der Waals surface area contributed by atoms with Gasteiger partial charge in [-0.2, -0.15) is 0 Å². The van der Waals surface area contributed by atoms with E-state index < -0.39 is 11.7 Å². The summed E-state index contributed by atoms with van der Waals surface area (Å²) in [5.74, 6) is -0.435. The first-order valence-corrected chi connectivity index (χ1v) is 2.27. The monoisotopic (exact) mass is 117 g/mol. The molecule has 1 aliphatic heterocycles. The fourth-order valence-corrected chi connectivity index (χ4v) is 0.557. The molecule has 1 atom stereocenters. The first-order chi connectivity index (χ1) is 3.60. The molecule has 0 aromatic rings.